The molecule has 0 bridgehead atoms. The van der Waals surface area contributed by atoms with Gasteiger partial charge in [-0.25, -0.2) is 4.98 Å². The number of carbonyl (C=O) groups is 2. The van der Waals surface area contributed by atoms with Crippen LogP contribution in [0.15, 0.2) is 18.3 Å². The SMILES string of the molecule is CC(C)C1(C(=O)Nc2ncccc2O)CNC(=O)C1. The summed E-state index contributed by atoms with van der Waals surface area (Å²) < 4.78 is 0. The molecule has 2 amide bonds. The molecule has 1 atom stereocenters. The molecule has 1 aliphatic rings. The molecule has 1 aromatic rings. The monoisotopic (exact) mass is 263 g/mol. The summed E-state index contributed by atoms with van der Waals surface area (Å²) in [5.41, 5.74) is -0.791. The Hall–Kier alpha value is -2.11. The fourth-order valence-electron chi connectivity index (χ4n) is 2.22. The predicted molar refractivity (Wildman–Crippen MR) is 69.4 cm³/mol. The Labute approximate surface area is 111 Å². The molecule has 2 heterocycles. The molecule has 1 saturated heterocycles. The van der Waals surface area contributed by atoms with Crippen LogP contribution in [-0.4, -0.2) is 28.4 Å². The van der Waals surface area contributed by atoms with Crippen LogP contribution in [-0.2, 0) is 9.59 Å². The average Bonchev–Trinajstić information content (AvgIpc) is 2.76. The third kappa shape index (κ3) is 2.38. The van der Waals surface area contributed by atoms with E-state index in [1.165, 1.54) is 12.3 Å². The van der Waals surface area contributed by atoms with Gasteiger partial charge in [-0.3, -0.25) is 9.59 Å². The first-order chi connectivity index (χ1) is 8.95. The second kappa shape index (κ2) is 4.87. The number of aromatic nitrogens is 1. The number of pyridine rings is 1. The summed E-state index contributed by atoms with van der Waals surface area (Å²) in [5, 5.41) is 14.9. The van der Waals surface area contributed by atoms with E-state index in [0.29, 0.717) is 6.54 Å². The van der Waals surface area contributed by atoms with Crippen molar-refractivity contribution in [1.29, 1.82) is 0 Å². The van der Waals surface area contributed by atoms with Gasteiger partial charge in [-0.2, -0.15) is 0 Å². The van der Waals surface area contributed by atoms with Gasteiger partial charge in [0.25, 0.3) is 0 Å². The van der Waals surface area contributed by atoms with Gasteiger partial charge < -0.3 is 15.7 Å². The van der Waals surface area contributed by atoms with Gasteiger partial charge in [0.2, 0.25) is 11.8 Å². The van der Waals surface area contributed by atoms with E-state index in [2.05, 4.69) is 15.6 Å². The van der Waals surface area contributed by atoms with Crippen LogP contribution < -0.4 is 10.6 Å². The van der Waals surface area contributed by atoms with Crippen molar-refractivity contribution in [2.24, 2.45) is 11.3 Å². The summed E-state index contributed by atoms with van der Waals surface area (Å²) in [4.78, 5) is 27.8. The second-order valence-electron chi connectivity index (χ2n) is 5.09. The molecular formula is C13H17N3O3. The Kier molecular flexibility index (Phi) is 3.42. The van der Waals surface area contributed by atoms with Gasteiger partial charge in [-0.15, -0.1) is 0 Å². The standard InChI is InChI=1S/C13H17N3O3/c1-8(2)13(6-10(18)15-7-13)12(19)16-11-9(17)4-3-5-14-11/h3-5,8,17H,6-7H2,1-2H3,(H,15,18)(H,14,16,19). The Morgan fingerprint density at radius 3 is 2.84 bits per heavy atom. The molecule has 2 rings (SSSR count). The van der Waals surface area contributed by atoms with Crippen molar-refractivity contribution in [3.63, 3.8) is 0 Å². The van der Waals surface area contributed by atoms with Crippen LogP contribution in [0.1, 0.15) is 20.3 Å². The molecule has 0 saturated carbocycles. The molecule has 1 unspecified atom stereocenters. The number of hydrogen-bond donors (Lipinski definition) is 3. The van der Waals surface area contributed by atoms with Crippen molar-refractivity contribution >= 4 is 17.6 Å². The lowest BCUT2D eigenvalue weighted by Gasteiger charge is -2.29. The Morgan fingerprint density at radius 2 is 2.32 bits per heavy atom. The van der Waals surface area contributed by atoms with Crippen molar-refractivity contribution in [2.75, 3.05) is 11.9 Å². The Morgan fingerprint density at radius 1 is 1.58 bits per heavy atom. The predicted octanol–water partition coefficient (Wildman–Crippen LogP) is 0.888. The number of anilines is 1. The quantitative estimate of drug-likeness (QED) is 0.755. The van der Waals surface area contributed by atoms with E-state index in [4.69, 9.17) is 0 Å². The van der Waals surface area contributed by atoms with Crippen molar-refractivity contribution < 1.29 is 14.7 Å². The van der Waals surface area contributed by atoms with E-state index in [1.54, 1.807) is 6.07 Å². The number of nitrogens with zero attached hydrogens (tertiary/aromatic N) is 1. The highest BCUT2D eigenvalue weighted by atomic mass is 16.3. The summed E-state index contributed by atoms with van der Waals surface area (Å²) in [5.74, 6) is -0.403. The van der Waals surface area contributed by atoms with Crippen LogP contribution in [0, 0.1) is 11.3 Å². The van der Waals surface area contributed by atoms with Crippen LogP contribution in [0.25, 0.3) is 0 Å². The zero-order chi connectivity index (χ0) is 14.0. The fraction of sp³-hybridized carbons (Fsp3) is 0.462. The lowest BCUT2D eigenvalue weighted by atomic mass is 9.75. The van der Waals surface area contributed by atoms with E-state index in [0.717, 1.165) is 0 Å². The van der Waals surface area contributed by atoms with Crippen molar-refractivity contribution in [3.05, 3.63) is 18.3 Å². The van der Waals surface area contributed by atoms with Gasteiger partial charge in [0, 0.05) is 19.2 Å². The zero-order valence-corrected chi connectivity index (χ0v) is 10.9. The summed E-state index contributed by atoms with van der Waals surface area (Å²) in [6.07, 6.45) is 1.64. The third-order valence-electron chi connectivity index (χ3n) is 3.65. The summed E-state index contributed by atoms with van der Waals surface area (Å²) in [6.45, 7) is 4.11. The number of rotatable bonds is 3. The number of carbonyl (C=O) groups excluding carboxylic acids is 2. The molecule has 1 aromatic heterocycles. The maximum absolute atomic E-state index is 12.4. The lowest BCUT2D eigenvalue weighted by Crippen LogP contribution is -2.42. The van der Waals surface area contributed by atoms with Crippen LogP contribution in [0.2, 0.25) is 0 Å². The van der Waals surface area contributed by atoms with Crippen LogP contribution in [0.5, 0.6) is 5.75 Å². The number of hydrogen-bond acceptors (Lipinski definition) is 4. The van der Waals surface area contributed by atoms with Crippen molar-refractivity contribution in [3.8, 4) is 5.75 Å². The molecule has 6 nitrogen and oxygen atoms in total. The van der Waals surface area contributed by atoms with Gasteiger partial charge in [0.15, 0.2) is 11.6 Å². The maximum Gasteiger partial charge on any atom is 0.234 e. The van der Waals surface area contributed by atoms with Crippen LogP contribution in [0.3, 0.4) is 0 Å². The topological polar surface area (TPSA) is 91.3 Å². The van der Waals surface area contributed by atoms with Crippen LogP contribution >= 0.6 is 0 Å². The van der Waals surface area contributed by atoms with Crippen molar-refractivity contribution in [2.45, 2.75) is 20.3 Å². The highest BCUT2D eigenvalue weighted by molar-refractivity contribution is 6.00. The van der Waals surface area contributed by atoms with Crippen LogP contribution in [0.4, 0.5) is 5.82 Å². The minimum atomic E-state index is -0.791. The molecule has 1 fully saturated rings. The summed E-state index contributed by atoms with van der Waals surface area (Å²) in [7, 11) is 0. The molecule has 19 heavy (non-hydrogen) atoms. The van der Waals surface area contributed by atoms with E-state index in [1.807, 2.05) is 13.8 Å². The molecule has 0 aromatic carbocycles. The van der Waals surface area contributed by atoms with E-state index in [9.17, 15) is 14.7 Å². The minimum Gasteiger partial charge on any atom is -0.504 e. The molecule has 102 valence electrons. The average molecular weight is 263 g/mol. The molecule has 1 aliphatic heterocycles. The largest absolute Gasteiger partial charge is 0.504 e. The highest BCUT2D eigenvalue weighted by Gasteiger charge is 2.47. The Bertz CT molecular complexity index is 516. The normalized spacial score (nSPS) is 22.4. The van der Waals surface area contributed by atoms with Gasteiger partial charge >= 0.3 is 0 Å². The number of aromatic hydroxyl groups is 1. The Balaban J connectivity index is 2.23. The number of nitrogens with one attached hydrogen (secondary N) is 2. The molecule has 0 aliphatic carbocycles. The van der Waals surface area contributed by atoms with E-state index >= 15 is 0 Å². The number of amides is 2. The fourth-order valence-corrected chi connectivity index (χ4v) is 2.22. The summed E-state index contributed by atoms with van der Waals surface area (Å²) >= 11 is 0. The van der Waals surface area contributed by atoms with Gasteiger partial charge in [0.05, 0.1) is 5.41 Å². The van der Waals surface area contributed by atoms with Gasteiger partial charge in [0.1, 0.15) is 0 Å². The minimum absolute atomic E-state index is 0.00250. The van der Waals surface area contributed by atoms with Crippen molar-refractivity contribution in [1.82, 2.24) is 10.3 Å². The van der Waals surface area contributed by atoms with Gasteiger partial charge in [-0.1, -0.05) is 13.8 Å². The molecular weight excluding hydrogens is 246 g/mol. The zero-order valence-electron chi connectivity index (χ0n) is 10.9. The van der Waals surface area contributed by atoms with Gasteiger partial charge in [-0.05, 0) is 18.1 Å². The van der Waals surface area contributed by atoms with E-state index in [-0.39, 0.29) is 35.7 Å². The summed E-state index contributed by atoms with van der Waals surface area (Å²) in [6, 6.07) is 3.02. The first-order valence-electron chi connectivity index (χ1n) is 6.18. The molecule has 6 heteroatoms. The first-order valence-corrected chi connectivity index (χ1v) is 6.18. The van der Waals surface area contributed by atoms with E-state index < -0.39 is 5.41 Å². The molecule has 3 N–H and O–H groups in total. The third-order valence-corrected chi connectivity index (χ3v) is 3.65. The highest BCUT2D eigenvalue weighted by Crippen LogP contribution is 2.36. The lowest BCUT2D eigenvalue weighted by molar-refractivity contribution is -0.129. The smallest absolute Gasteiger partial charge is 0.234 e. The maximum atomic E-state index is 12.4. The second-order valence-corrected chi connectivity index (χ2v) is 5.09. The molecule has 0 spiro atoms. The first kappa shape index (κ1) is 13.3. The molecule has 0 radical (unpaired) electrons.